The molecule has 1 atom stereocenters. The van der Waals surface area contributed by atoms with Crippen LogP contribution in [0.1, 0.15) is 25.2 Å². The number of aliphatic hydroxyl groups is 1. The third-order valence-corrected chi connectivity index (χ3v) is 2.93. The molecule has 17 heavy (non-hydrogen) atoms. The fourth-order valence-corrected chi connectivity index (χ4v) is 1.89. The van der Waals surface area contributed by atoms with Crippen molar-refractivity contribution in [2.45, 2.75) is 32.4 Å². The molecule has 2 rings (SSSR count). The molecule has 2 aromatic rings. The van der Waals surface area contributed by atoms with E-state index in [1.165, 1.54) is 0 Å². The highest BCUT2D eigenvalue weighted by atomic mass is 16.3. The molecule has 4 nitrogen and oxygen atoms in total. The van der Waals surface area contributed by atoms with Crippen LogP contribution in [-0.2, 0) is 18.6 Å². The van der Waals surface area contributed by atoms with Crippen molar-refractivity contribution >= 4 is 0 Å². The lowest BCUT2D eigenvalue weighted by atomic mass is 9.93. The van der Waals surface area contributed by atoms with E-state index in [1.807, 2.05) is 22.9 Å². The van der Waals surface area contributed by atoms with Crippen molar-refractivity contribution in [3.8, 4) is 0 Å². The van der Waals surface area contributed by atoms with Crippen molar-refractivity contribution in [1.29, 1.82) is 0 Å². The SMILES string of the molecule is CCn1ccnc1CC(C)(O)c1cccnc1. The summed E-state index contributed by atoms with van der Waals surface area (Å²) in [5.41, 5.74) is -0.127. The van der Waals surface area contributed by atoms with E-state index in [9.17, 15) is 5.11 Å². The molecule has 0 bridgehead atoms. The topological polar surface area (TPSA) is 50.9 Å². The molecule has 0 saturated heterocycles. The van der Waals surface area contributed by atoms with E-state index in [0.29, 0.717) is 6.42 Å². The maximum absolute atomic E-state index is 10.5. The summed E-state index contributed by atoms with van der Waals surface area (Å²) in [6, 6.07) is 3.71. The Morgan fingerprint density at radius 1 is 1.41 bits per heavy atom. The highest BCUT2D eigenvalue weighted by Gasteiger charge is 2.25. The molecule has 1 unspecified atom stereocenters. The van der Waals surface area contributed by atoms with Crippen LogP contribution in [0.5, 0.6) is 0 Å². The largest absolute Gasteiger partial charge is 0.385 e. The molecule has 0 radical (unpaired) electrons. The highest BCUT2D eigenvalue weighted by Crippen LogP contribution is 2.23. The zero-order chi connectivity index (χ0) is 12.3. The van der Waals surface area contributed by atoms with Crippen LogP contribution in [-0.4, -0.2) is 19.6 Å². The van der Waals surface area contributed by atoms with Crippen molar-refractivity contribution < 1.29 is 5.11 Å². The Labute approximate surface area is 101 Å². The first-order chi connectivity index (χ1) is 8.13. The number of rotatable bonds is 4. The van der Waals surface area contributed by atoms with Gasteiger partial charge in [0.25, 0.3) is 0 Å². The lowest BCUT2D eigenvalue weighted by molar-refractivity contribution is 0.0542. The molecule has 0 aliphatic rings. The average Bonchev–Trinajstić information content (AvgIpc) is 2.77. The maximum atomic E-state index is 10.5. The fourth-order valence-electron chi connectivity index (χ4n) is 1.89. The average molecular weight is 231 g/mol. The maximum Gasteiger partial charge on any atom is 0.111 e. The normalized spacial score (nSPS) is 14.5. The van der Waals surface area contributed by atoms with Gasteiger partial charge in [0.15, 0.2) is 0 Å². The minimum Gasteiger partial charge on any atom is -0.385 e. The third-order valence-electron chi connectivity index (χ3n) is 2.93. The summed E-state index contributed by atoms with van der Waals surface area (Å²) in [6.45, 7) is 4.71. The predicted octanol–water partition coefficient (Wildman–Crippen LogP) is 1.75. The molecule has 0 aliphatic carbocycles. The number of hydrogen-bond acceptors (Lipinski definition) is 3. The Morgan fingerprint density at radius 2 is 2.24 bits per heavy atom. The van der Waals surface area contributed by atoms with Gasteiger partial charge in [0.05, 0.1) is 5.60 Å². The Hall–Kier alpha value is -1.68. The number of aryl methyl sites for hydroxylation is 1. The number of aromatic nitrogens is 3. The van der Waals surface area contributed by atoms with Crippen molar-refractivity contribution in [2.24, 2.45) is 0 Å². The molecule has 0 amide bonds. The van der Waals surface area contributed by atoms with Gasteiger partial charge in [-0.15, -0.1) is 0 Å². The monoisotopic (exact) mass is 231 g/mol. The van der Waals surface area contributed by atoms with Crippen LogP contribution < -0.4 is 0 Å². The van der Waals surface area contributed by atoms with E-state index in [-0.39, 0.29) is 0 Å². The van der Waals surface area contributed by atoms with Crippen molar-refractivity contribution in [2.75, 3.05) is 0 Å². The van der Waals surface area contributed by atoms with Gasteiger partial charge < -0.3 is 9.67 Å². The molecule has 0 aliphatic heterocycles. The lowest BCUT2D eigenvalue weighted by Crippen LogP contribution is -2.26. The van der Waals surface area contributed by atoms with Crippen LogP contribution in [0.3, 0.4) is 0 Å². The lowest BCUT2D eigenvalue weighted by Gasteiger charge is -2.23. The highest BCUT2D eigenvalue weighted by molar-refractivity contribution is 5.19. The fraction of sp³-hybridized carbons (Fsp3) is 0.385. The van der Waals surface area contributed by atoms with Gasteiger partial charge in [-0.2, -0.15) is 0 Å². The Bertz CT molecular complexity index is 476. The van der Waals surface area contributed by atoms with Crippen molar-refractivity contribution in [1.82, 2.24) is 14.5 Å². The molecule has 4 heteroatoms. The van der Waals surface area contributed by atoms with Gasteiger partial charge in [0.2, 0.25) is 0 Å². The first kappa shape index (κ1) is 11.8. The summed E-state index contributed by atoms with van der Waals surface area (Å²) < 4.78 is 2.03. The minimum absolute atomic E-state index is 0.486. The van der Waals surface area contributed by atoms with Gasteiger partial charge in [-0.1, -0.05) is 6.07 Å². The number of pyridine rings is 1. The molecular formula is C13H17N3O. The van der Waals surface area contributed by atoms with Gasteiger partial charge >= 0.3 is 0 Å². The summed E-state index contributed by atoms with van der Waals surface area (Å²) in [7, 11) is 0. The summed E-state index contributed by atoms with van der Waals surface area (Å²) in [4.78, 5) is 8.32. The van der Waals surface area contributed by atoms with Gasteiger partial charge in [0.1, 0.15) is 5.82 Å². The second-order valence-corrected chi connectivity index (χ2v) is 4.32. The second-order valence-electron chi connectivity index (χ2n) is 4.32. The van der Waals surface area contributed by atoms with E-state index in [1.54, 1.807) is 25.5 Å². The number of nitrogens with zero attached hydrogens (tertiary/aromatic N) is 3. The van der Waals surface area contributed by atoms with Crippen LogP contribution in [0.4, 0.5) is 0 Å². The summed E-state index contributed by atoms with van der Waals surface area (Å²) in [5, 5.41) is 10.5. The third kappa shape index (κ3) is 2.53. The van der Waals surface area contributed by atoms with Crippen LogP contribution in [0.2, 0.25) is 0 Å². The van der Waals surface area contributed by atoms with Gasteiger partial charge in [-0.25, -0.2) is 4.98 Å². The second kappa shape index (κ2) is 4.67. The first-order valence-corrected chi connectivity index (χ1v) is 5.76. The molecule has 0 spiro atoms. The predicted molar refractivity (Wildman–Crippen MR) is 65.4 cm³/mol. The molecule has 1 N–H and O–H groups in total. The zero-order valence-corrected chi connectivity index (χ0v) is 10.2. The van der Waals surface area contributed by atoms with Crippen molar-refractivity contribution in [3.63, 3.8) is 0 Å². The van der Waals surface area contributed by atoms with E-state index in [2.05, 4.69) is 16.9 Å². The quantitative estimate of drug-likeness (QED) is 0.872. The van der Waals surface area contributed by atoms with E-state index < -0.39 is 5.60 Å². The Morgan fingerprint density at radius 3 is 2.88 bits per heavy atom. The van der Waals surface area contributed by atoms with Crippen molar-refractivity contribution in [3.05, 3.63) is 48.3 Å². The smallest absolute Gasteiger partial charge is 0.111 e. The van der Waals surface area contributed by atoms with Crippen LogP contribution in [0.25, 0.3) is 0 Å². The van der Waals surface area contributed by atoms with E-state index in [0.717, 1.165) is 17.9 Å². The Kier molecular flexibility index (Phi) is 3.24. The van der Waals surface area contributed by atoms with Gasteiger partial charge in [-0.05, 0) is 19.9 Å². The van der Waals surface area contributed by atoms with Crippen LogP contribution in [0, 0.1) is 0 Å². The number of imidazole rings is 1. The molecular weight excluding hydrogens is 214 g/mol. The molecule has 0 saturated carbocycles. The van der Waals surface area contributed by atoms with Gasteiger partial charge in [-0.3, -0.25) is 4.98 Å². The van der Waals surface area contributed by atoms with Gasteiger partial charge in [0, 0.05) is 43.3 Å². The first-order valence-electron chi connectivity index (χ1n) is 5.76. The molecule has 0 aromatic carbocycles. The van der Waals surface area contributed by atoms with Crippen LogP contribution in [0.15, 0.2) is 36.9 Å². The standard InChI is InChI=1S/C13H17N3O/c1-3-16-8-7-15-12(16)9-13(2,17)11-5-4-6-14-10-11/h4-8,10,17H,3,9H2,1-2H3. The van der Waals surface area contributed by atoms with E-state index >= 15 is 0 Å². The summed E-state index contributed by atoms with van der Waals surface area (Å²) in [5.74, 6) is 0.890. The molecule has 2 heterocycles. The minimum atomic E-state index is -0.938. The summed E-state index contributed by atoms with van der Waals surface area (Å²) >= 11 is 0. The number of hydrogen-bond donors (Lipinski definition) is 1. The van der Waals surface area contributed by atoms with Crippen LogP contribution >= 0.6 is 0 Å². The molecule has 0 fully saturated rings. The zero-order valence-electron chi connectivity index (χ0n) is 10.2. The molecule has 2 aromatic heterocycles. The summed E-state index contributed by atoms with van der Waals surface area (Å²) in [6.07, 6.45) is 7.57. The molecule has 90 valence electrons. The van der Waals surface area contributed by atoms with E-state index in [4.69, 9.17) is 0 Å². The Balaban J connectivity index is 2.23.